The number of ether oxygens (including phenoxy) is 1. The van der Waals surface area contributed by atoms with E-state index < -0.39 is 11.1 Å². The molecule has 0 unspecified atom stereocenters. The van der Waals surface area contributed by atoms with E-state index in [-0.39, 0.29) is 23.3 Å². The van der Waals surface area contributed by atoms with Crippen molar-refractivity contribution < 1.29 is 14.3 Å². The standard InChI is InChI=1S/C38H47Cl2N5O3/c1-8-41-33(46)22-25-18-20-44(21-19-25)35(47)45-34(30-24-42-32(36(3,4)5)23-31(30)48-9-2)43-37(6,26-10-14-28(39)15-11-26)38(45,7)27-12-16-29(40)17-13-27/h10-17,23-25H,8-9,18-22H2,1-7H3,(H,41,46)/t37-,38+/m0/s1. The van der Waals surface area contributed by atoms with Gasteiger partial charge in [-0.15, -0.1) is 0 Å². The van der Waals surface area contributed by atoms with E-state index in [1.54, 1.807) is 6.20 Å². The zero-order chi connectivity index (χ0) is 34.9. The molecule has 2 aliphatic rings. The second-order valence-electron chi connectivity index (χ2n) is 14.0. The molecule has 0 spiro atoms. The number of aromatic nitrogens is 1. The van der Waals surface area contributed by atoms with Crippen LogP contribution in [0, 0.1) is 5.92 Å². The highest BCUT2D eigenvalue weighted by atomic mass is 35.5. The summed E-state index contributed by atoms with van der Waals surface area (Å²) in [6.07, 6.45) is 3.73. The molecular formula is C38H47Cl2N5O3. The second kappa shape index (κ2) is 14.1. The summed E-state index contributed by atoms with van der Waals surface area (Å²) < 4.78 is 6.26. The fourth-order valence-corrected chi connectivity index (χ4v) is 7.11. The maximum Gasteiger partial charge on any atom is 0.326 e. The average molecular weight is 693 g/mol. The quantitative estimate of drug-likeness (QED) is 0.257. The van der Waals surface area contributed by atoms with E-state index in [2.05, 4.69) is 39.9 Å². The smallest absolute Gasteiger partial charge is 0.326 e. The predicted molar refractivity (Wildman–Crippen MR) is 193 cm³/mol. The number of benzene rings is 2. The van der Waals surface area contributed by atoms with Crippen molar-refractivity contribution in [2.75, 3.05) is 26.2 Å². The predicted octanol–water partition coefficient (Wildman–Crippen LogP) is 8.34. The van der Waals surface area contributed by atoms with Gasteiger partial charge in [-0.3, -0.25) is 19.7 Å². The lowest BCUT2D eigenvalue weighted by Gasteiger charge is -2.47. The molecule has 8 nitrogen and oxygen atoms in total. The molecule has 2 atom stereocenters. The van der Waals surface area contributed by atoms with E-state index in [0.717, 1.165) is 29.7 Å². The van der Waals surface area contributed by atoms with Crippen molar-refractivity contribution in [3.8, 4) is 5.75 Å². The topological polar surface area (TPSA) is 87.1 Å². The summed E-state index contributed by atoms with van der Waals surface area (Å²) >= 11 is 12.8. The molecule has 1 saturated heterocycles. The number of piperidine rings is 1. The van der Waals surface area contributed by atoms with Crippen molar-refractivity contribution in [1.29, 1.82) is 0 Å². The molecule has 3 heterocycles. The third-order valence-corrected chi connectivity index (χ3v) is 10.4. The van der Waals surface area contributed by atoms with Gasteiger partial charge in [0, 0.05) is 59.5 Å². The normalized spacial score (nSPS) is 21.6. The highest BCUT2D eigenvalue weighted by Crippen LogP contribution is 2.54. The highest BCUT2D eigenvalue weighted by molar-refractivity contribution is 6.30. The Hall–Kier alpha value is -3.62. The lowest BCUT2D eigenvalue weighted by atomic mass is 9.71. The monoisotopic (exact) mass is 691 g/mol. The van der Waals surface area contributed by atoms with Gasteiger partial charge in [0.15, 0.2) is 0 Å². The van der Waals surface area contributed by atoms with E-state index in [4.69, 9.17) is 37.9 Å². The average Bonchev–Trinajstić information content (AvgIpc) is 3.29. The van der Waals surface area contributed by atoms with Crippen LogP contribution in [0.4, 0.5) is 4.79 Å². The number of nitrogens with zero attached hydrogens (tertiary/aromatic N) is 4. The summed E-state index contributed by atoms with van der Waals surface area (Å²) in [5.41, 5.74) is 1.10. The molecule has 0 bridgehead atoms. The fourth-order valence-electron chi connectivity index (χ4n) is 6.86. The molecule has 2 aliphatic heterocycles. The number of nitrogens with one attached hydrogen (secondary N) is 1. The summed E-state index contributed by atoms with van der Waals surface area (Å²) in [6.45, 7) is 16.4. The molecule has 0 aliphatic carbocycles. The lowest BCUT2D eigenvalue weighted by molar-refractivity contribution is -0.122. The van der Waals surface area contributed by atoms with Crippen LogP contribution < -0.4 is 10.1 Å². The fraction of sp³-hybridized carbons (Fsp3) is 0.474. The Bertz CT molecular complexity index is 1660. The molecule has 2 aromatic carbocycles. The summed E-state index contributed by atoms with van der Waals surface area (Å²) in [5.74, 6) is 1.37. The molecule has 10 heteroatoms. The van der Waals surface area contributed by atoms with Gasteiger partial charge in [-0.1, -0.05) is 68.2 Å². The van der Waals surface area contributed by atoms with Crippen LogP contribution in [-0.2, 0) is 21.3 Å². The first-order chi connectivity index (χ1) is 22.7. The number of urea groups is 1. The molecule has 48 heavy (non-hydrogen) atoms. The van der Waals surface area contributed by atoms with Gasteiger partial charge < -0.3 is 15.0 Å². The third-order valence-electron chi connectivity index (χ3n) is 9.85. The van der Waals surface area contributed by atoms with E-state index in [1.165, 1.54) is 0 Å². The van der Waals surface area contributed by atoms with E-state index in [0.29, 0.717) is 59.9 Å². The number of halogens is 2. The van der Waals surface area contributed by atoms with Crippen LogP contribution in [0.15, 0.2) is 65.8 Å². The molecule has 0 saturated carbocycles. The van der Waals surface area contributed by atoms with E-state index in [9.17, 15) is 4.79 Å². The Morgan fingerprint density at radius 1 is 0.958 bits per heavy atom. The van der Waals surface area contributed by atoms with Crippen molar-refractivity contribution in [3.63, 3.8) is 0 Å². The second-order valence-corrected chi connectivity index (χ2v) is 14.9. The third kappa shape index (κ3) is 6.79. The number of carbonyl (C=O) groups is 2. The van der Waals surface area contributed by atoms with Crippen LogP contribution in [0.1, 0.15) is 90.1 Å². The first-order valence-corrected chi connectivity index (χ1v) is 17.6. The van der Waals surface area contributed by atoms with Crippen molar-refractivity contribution in [3.05, 3.63) is 93.2 Å². The highest BCUT2D eigenvalue weighted by Gasteiger charge is 2.60. The molecule has 3 amide bonds. The molecule has 3 aromatic rings. The van der Waals surface area contributed by atoms with Gasteiger partial charge in [0.25, 0.3) is 0 Å². The van der Waals surface area contributed by atoms with Crippen molar-refractivity contribution in [2.45, 2.75) is 84.2 Å². The Labute approximate surface area is 294 Å². The SMILES string of the molecule is CCNC(=O)CC1CCN(C(=O)N2C(c3cnc(C(C)(C)C)cc3OCC)=N[C@@](C)(c3ccc(Cl)cc3)[C@@]2(C)c2ccc(Cl)cc2)CC1. The number of amides is 3. The Balaban J connectivity index is 1.68. The van der Waals surface area contributed by atoms with Gasteiger partial charge >= 0.3 is 6.03 Å². The number of amidine groups is 1. The number of rotatable bonds is 8. The van der Waals surface area contributed by atoms with Gasteiger partial charge in [-0.05, 0) is 81.8 Å². The summed E-state index contributed by atoms with van der Waals surface area (Å²) in [4.78, 5) is 41.6. The van der Waals surface area contributed by atoms with Gasteiger partial charge in [0.2, 0.25) is 5.91 Å². The van der Waals surface area contributed by atoms with Crippen LogP contribution >= 0.6 is 23.2 Å². The number of hydrogen-bond acceptors (Lipinski definition) is 5. The lowest BCUT2D eigenvalue weighted by Crippen LogP contribution is -2.59. The summed E-state index contributed by atoms with van der Waals surface area (Å²) in [7, 11) is 0. The minimum Gasteiger partial charge on any atom is -0.493 e. The molecule has 1 fully saturated rings. The zero-order valence-corrected chi connectivity index (χ0v) is 30.6. The number of pyridine rings is 1. The minimum atomic E-state index is -1.01. The zero-order valence-electron chi connectivity index (χ0n) is 29.1. The number of likely N-dealkylation sites (tertiary alicyclic amines) is 1. The molecule has 5 rings (SSSR count). The van der Waals surface area contributed by atoms with E-state index in [1.807, 2.05) is 78.2 Å². The van der Waals surface area contributed by atoms with Gasteiger partial charge in [-0.2, -0.15) is 0 Å². The number of aliphatic imine (C=N–C) groups is 1. The van der Waals surface area contributed by atoms with Crippen molar-refractivity contribution in [2.24, 2.45) is 10.9 Å². The molecule has 256 valence electrons. The molecule has 0 radical (unpaired) electrons. The number of hydrogen-bond donors (Lipinski definition) is 1. The summed E-state index contributed by atoms with van der Waals surface area (Å²) in [6, 6.07) is 17.1. The largest absolute Gasteiger partial charge is 0.493 e. The van der Waals surface area contributed by atoms with Crippen LogP contribution in [0.5, 0.6) is 5.75 Å². The molecule has 1 aromatic heterocycles. The van der Waals surface area contributed by atoms with Gasteiger partial charge in [0.05, 0.1) is 12.2 Å². The van der Waals surface area contributed by atoms with Crippen LogP contribution in [0.2, 0.25) is 10.0 Å². The molecule has 1 N–H and O–H groups in total. The van der Waals surface area contributed by atoms with Crippen LogP contribution in [0.25, 0.3) is 0 Å². The Morgan fingerprint density at radius 3 is 2.08 bits per heavy atom. The molecular weight excluding hydrogens is 645 g/mol. The number of carbonyl (C=O) groups excluding carboxylic acids is 2. The first kappa shape index (κ1) is 35.7. The van der Waals surface area contributed by atoms with Gasteiger partial charge in [-0.25, -0.2) is 4.79 Å². The van der Waals surface area contributed by atoms with Gasteiger partial charge in [0.1, 0.15) is 22.7 Å². The Kier molecular flexibility index (Phi) is 10.5. The Morgan fingerprint density at radius 2 is 1.54 bits per heavy atom. The van der Waals surface area contributed by atoms with Crippen molar-refractivity contribution >= 4 is 41.0 Å². The van der Waals surface area contributed by atoms with Crippen LogP contribution in [0.3, 0.4) is 0 Å². The minimum absolute atomic E-state index is 0.0555. The first-order valence-electron chi connectivity index (χ1n) is 16.8. The van der Waals surface area contributed by atoms with Crippen molar-refractivity contribution in [1.82, 2.24) is 20.1 Å². The van der Waals surface area contributed by atoms with E-state index >= 15 is 4.79 Å². The summed E-state index contributed by atoms with van der Waals surface area (Å²) in [5, 5.41) is 4.12. The maximum absolute atomic E-state index is 15.1. The van der Waals surface area contributed by atoms with Crippen LogP contribution in [-0.4, -0.2) is 58.8 Å². The maximum atomic E-state index is 15.1.